The van der Waals surface area contributed by atoms with Gasteiger partial charge in [0.25, 0.3) is 11.5 Å². The first-order valence-corrected chi connectivity index (χ1v) is 8.89. The molecule has 0 saturated carbocycles. The highest BCUT2D eigenvalue weighted by Crippen LogP contribution is 2.27. The maximum absolute atomic E-state index is 12.9. The number of rotatable bonds is 5. The van der Waals surface area contributed by atoms with Crippen LogP contribution in [-0.2, 0) is 6.54 Å². The lowest BCUT2D eigenvalue weighted by atomic mass is 10.1. The predicted molar refractivity (Wildman–Crippen MR) is 107 cm³/mol. The van der Waals surface area contributed by atoms with Crippen molar-refractivity contribution in [2.75, 3.05) is 12.4 Å². The molecule has 0 spiro atoms. The minimum atomic E-state index is -0.529. The van der Waals surface area contributed by atoms with Crippen molar-refractivity contribution in [3.63, 3.8) is 0 Å². The number of amides is 1. The molecule has 28 heavy (non-hydrogen) atoms. The van der Waals surface area contributed by atoms with E-state index in [0.717, 1.165) is 5.69 Å². The molecule has 7 nitrogen and oxygen atoms in total. The van der Waals surface area contributed by atoms with E-state index in [9.17, 15) is 9.59 Å². The smallest absolute Gasteiger partial charge is 0.264 e. The SMILES string of the molecule is COc1ccc(NC(=O)c2c(C)ccn(Cc3cnc(C)cn3)c2=O)c(Cl)c1. The highest BCUT2D eigenvalue weighted by molar-refractivity contribution is 6.34. The molecule has 3 aromatic rings. The second-order valence-electron chi connectivity index (χ2n) is 6.26. The number of aryl methyl sites for hydroxylation is 2. The molecule has 0 aliphatic carbocycles. The minimum absolute atomic E-state index is 0.0504. The maximum Gasteiger partial charge on any atom is 0.264 e. The highest BCUT2D eigenvalue weighted by Gasteiger charge is 2.17. The summed E-state index contributed by atoms with van der Waals surface area (Å²) in [7, 11) is 1.53. The Bertz CT molecular complexity index is 1080. The van der Waals surface area contributed by atoms with Crippen LogP contribution in [0.2, 0.25) is 5.02 Å². The number of carbonyl (C=O) groups excluding carboxylic acids is 1. The second kappa shape index (κ2) is 8.22. The molecular formula is C20H19ClN4O3. The van der Waals surface area contributed by atoms with Crippen LogP contribution >= 0.6 is 11.6 Å². The van der Waals surface area contributed by atoms with E-state index in [1.54, 1.807) is 49.8 Å². The number of aromatic nitrogens is 3. The van der Waals surface area contributed by atoms with E-state index in [1.807, 2.05) is 6.92 Å². The van der Waals surface area contributed by atoms with E-state index in [2.05, 4.69) is 15.3 Å². The van der Waals surface area contributed by atoms with E-state index < -0.39 is 11.5 Å². The molecule has 8 heteroatoms. The predicted octanol–water partition coefficient (Wildman–Crippen LogP) is 3.22. The van der Waals surface area contributed by atoms with E-state index in [-0.39, 0.29) is 12.1 Å². The van der Waals surface area contributed by atoms with Crippen molar-refractivity contribution in [1.82, 2.24) is 14.5 Å². The number of ether oxygens (including phenoxy) is 1. The van der Waals surface area contributed by atoms with E-state index in [0.29, 0.717) is 27.7 Å². The molecule has 0 fully saturated rings. The van der Waals surface area contributed by atoms with Crippen molar-refractivity contribution in [1.29, 1.82) is 0 Å². The fourth-order valence-corrected chi connectivity index (χ4v) is 2.87. The van der Waals surface area contributed by atoms with Gasteiger partial charge in [-0.15, -0.1) is 0 Å². The third-order valence-corrected chi connectivity index (χ3v) is 4.50. The number of hydrogen-bond acceptors (Lipinski definition) is 5. The summed E-state index contributed by atoms with van der Waals surface area (Å²) in [6, 6.07) is 6.60. The van der Waals surface area contributed by atoms with Crippen molar-refractivity contribution in [3.8, 4) is 5.75 Å². The van der Waals surface area contributed by atoms with Crippen molar-refractivity contribution >= 4 is 23.2 Å². The van der Waals surface area contributed by atoms with Gasteiger partial charge in [0.2, 0.25) is 0 Å². The third-order valence-electron chi connectivity index (χ3n) is 4.19. The van der Waals surface area contributed by atoms with Crippen LogP contribution in [0.3, 0.4) is 0 Å². The van der Waals surface area contributed by atoms with Gasteiger partial charge < -0.3 is 14.6 Å². The van der Waals surface area contributed by atoms with E-state index >= 15 is 0 Å². The largest absolute Gasteiger partial charge is 0.497 e. The van der Waals surface area contributed by atoms with Crippen LogP contribution < -0.4 is 15.6 Å². The van der Waals surface area contributed by atoms with Crippen LogP contribution in [0.15, 0.2) is 47.7 Å². The van der Waals surface area contributed by atoms with Crippen LogP contribution in [0.4, 0.5) is 5.69 Å². The summed E-state index contributed by atoms with van der Waals surface area (Å²) >= 11 is 6.18. The molecule has 0 atom stereocenters. The number of methoxy groups -OCH3 is 1. The number of nitrogens with one attached hydrogen (secondary N) is 1. The van der Waals surface area contributed by atoms with Crippen LogP contribution in [0.5, 0.6) is 5.75 Å². The molecule has 0 unspecified atom stereocenters. The Morgan fingerprint density at radius 3 is 2.64 bits per heavy atom. The van der Waals surface area contributed by atoms with Gasteiger partial charge >= 0.3 is 0 Å². The molecule has 0 aliphatic heterocycles. The number of pyridine rings is 1. The van der Waals surface area contributed by atoms with Crippen molar-refractivity contribution in [2.45, 2.75) is 20.4 Å². The fourth-order valence-electron chi connectivity index (χ4n) is 2.65. The molecule has 0 bridgehead atoms. The summed E-state index contributed by atoms with van der Waals surface area (Å²) in [4.78, 5) is 34.1. The Morgan fingerprint density at radius 1 is 1.21 bits per heavy atom. The highest BCUT2D eigenvalue weighted by atomic mass is 35.5. The summed E-state index contributed by atoms with van der Waals surface area (Å²) < 4.78 is 6.52. The average molecular weight is 399 g/mol. The van der Waals surface area contributed by atoms with Gasteiger partial charge in [-0.2, -0.15) is 0 Å². The molecule has 3 rings (SSSR count). The fraction of sp³-hybridized carbons (Fsp3) is 0.200. The average Bonchev–Trinajstić information content (AvgIpc) is 2.67. The van der Waals surface area contributed by atoms with Crippen LogP contribution in [0.25, 0.3) is 0 Å². The quantitative estimate of drug-likeness (QED) is 0.713. The molecule has 2 heterocycles. The van der Waals surface area contributed by atoms with Gasteiger partial charge in [-0.05, 0) is 37.6 Å². The summed E-state index contributed by atoms with van der Waals surface area (Å²) in [5.41, 5.74) is 2.01. The molecule has 2 aromatic heterocycles. The third kappa shape index (κ3) is 4.20. The van der Waals surface area contributed by atoms with Gasteiger partial charge in [0.1, 0.15) is 11.3 Å². The Balaban J connectivity index is 1.89. The summed E-state index contributed by atoms with van der Waals surface area (Å²) in [6.45, 7) is 3.76. The number of nitrogens with zero attached hydrogens (tertiary/aromatic N) is 3. The van der Waals surface area contributed by atoms with Gasteiger partial charge in [0.15, 0.2) is 0 Å². The Morgan fingerprint density at radius 2 is 2.00 bits per heavy atom. The molecular weight excluding hydrogens is 380 g/mol. The first-order chi connectivity index (χ1) is 13.4. The second-order valence-corrected chi connectivity index (χ2v) is 6.66. The maximum atomic E-state index is 12.9. The lowest BCUT2D eigenvalue weighted by Crippen LogP contribution is -2.30. The van der Waals surface area contributed by atoms with Gasteiger partial charge in [0.05, 0.1) is 41.9 Å². The zero-order valence-corrected chi connectivity index (χ0v) is 16.4. The Kier molecular flexibility index (Phi) is 5.75. The molecule has 0 radical (unpaired) electrons. The normalized spacial score (nSPS) is 10.6. The molecule has 1 N–H and O–H groups in total. The summed E-state index contributed by atoms with van der Waals surface area (Å²) in [5, 5.41) is 3.01. The number of carbonyl (C=O) groups is 1. The van der Waals surface area contributed by atoms with Crippen LogP contribution in [0.1, 0.15) is 27.3 Å². The minimum Gasteiger partial charge on any atom is -0.497 e. The van der Waals surface area contributed by atoms with Crippen molar-refractivity contribution in [2.24, 2.45) is 0 Å². The molecule has 144 valence electrons. The van der Waals surface area contributed by atoms with E-state index in [1.165, 1.54) is 11.7 Å². The lowest BCUT2D eigenvalue weighted by Gasteiger charge is -2.12. The van der Waals surface area contributed by atoms with Crippen molar-refractivity contribution < 1.29 is 9.53 Å². The van der Waals surface area contributed by atoms with Crippen molar-refractivity contribution in [3.05, 3.63) is 80.7 Å². The summed E-state index contributed by atoms with van der Waals surface area (Å²) in [6.07, 6.45) is 4.88. The first-order valence-electron chi connectivity index (χ1n) is 8.51. The zero-order valence-electron chi connectivity index (χ0n) is 15.7. The zero-order chi connectivity index (χ0) is 20.3. The number of anilines is 1. The monoisotopic (exact) mass is 398 g/mol. The molecule has 1 aromatic carbocycles. The number of halogens is 1. The molecule has 0 saturated heterocycles. The number of hydrogen-bond donors (Lipinski definition) is 1. The standard InChI is InChI=1S/C20H19ClN4O3/c1-12-6-7-25(11-14-10-22-13(2)9-23-14)20(27)18(12)19(26)24-17-5-4-15(28-3)8-16(17)21/h4-10H,11H2,1-3H3,(H,24,26). The van der Waals surface area contributed by atoms with Gasteiger partial charge in [-0.3, -0.25) is 19.6 Å². The van der Waals surface area contributed by atoms with Crippen LogP contribution in [-0.4, -0.2) is 27.6 Å². The lowest BCUT2D eigenvalue weighted by molar-refractivity contribution is 0.102. The Hall–Kier alpha value is -3.19. The Labute approximate surface area is 167 Å². The number of benzene rings is 1. The van der Waals surface area contributed by atoms with Gasteiger partial charge in [-0.1, -0.05) is 11.6 Å². The van der Waals surface area contributed by atoms with Crippen LogP contribution in [0, 0.1) is 13.8 Å². The topological polar surface area (TPSA) is 86.1 Å². The summed E-state index contributed by atoms with van der Waals surface area (Å²) in [5.74, 6) is 0.0411. The van der Waals surface area contributed by atoms with Gasteiger partial charge in [-0.25, -0.2) is 0 Å². The molecule has 0 aliphatic rings. The van der Waals surface area contributed by atoms with Gasteiger partial charge in [0, 0.05) is 18.5 Å². The molecule has 1 amide bonds. The van der Waals surface area contributed by atoms with E-state index in [4.69, 9.17) is 16.3 Å². The first kappa shape index (κ1) is 19.6.